The number of likely N-dealkylation sites (N-methyl/N-ethyl adjacent to an activating group) is 1. The molecule has 220 valence electrons. The van der Waals surface area contributed by atoms with Crippen LogP contribution in [0, 0.1) is 11.8 Å². The summed E-state index contributed by atoms with van der Waals surface area (Å²) in [7, 11) is 2.97. The first kappa shape index (κ1) is 28.8. The third kappa shape index (κ3) is 4.23. The number of carbonyl (C=O) groups is 4. The molecule has 0 unspecified atom stereocenters. The summed E-state index contributed by atoms with van der Waals surface area (Å²) in [5.74, 6) is -9.59. The SMILES string of the molecule is C[C@@H]1c2cccc(O)c2C(O)=C2C(=O)[C@@]3(O)C(O)=C(C(N)=O)C(=O)[C@H](N(C)C)[C@H]3[C@H](OC(=O)CCN3CCCC3)[C@H]21. The molecular formula is C29H35N3O9. The van der Waals surface area contributed by atoms with Crippen molar-refractivity contribution in [1.29, 1.82) is 0 Å². The van der Waals surface area contributed by atoms with E-state index in [1.54, 1.807) is 19.1 Å². The van der Waals surface area contributed by atoms with Crippen molar-refractivity contribution in [2.45, 2.75) is 49.9 Å². The van der Waals surface area contributed by atoms with Crippen LogP contribution in [0.5, 0.6) is 5.75 Å². The van der Waals surface area contributed by atoms with Crippen LogP contribution >= 0.6 is 0 Å². The van der Waals surface area contributed by atoms with E-state index in [1.165, 1.54) is 25.1 Å². The zero-order chi connectivity index (χ0) is 30.0. The Morgan fingerprint density at radius 3 is 2.41 bits per heavy atom. The molecule has 0 aromatic heterocycles. The molecule has 1 saturated heterocycles. The van der Waals surface area contributed by atoms with E-state index >= 15 is 0 Å². The summed E-state index contributed by atoms with van der Waals surface area (Å²) in [4.78, 5) is 56.9. The predicted molar refractivity (Wildman–Crippen MR) is 145 cm³/mol. The first-order valence-electron chi connectivity index (χ1n) is 13.7. The molecule has 1 saturated carbocycles. The Labute approximate surface area is 236 Å². The van der Waals surface area contributed by atoms with Gasteiger partial charge in [-0.2, -0.15) is 0 Å². The van der Waals surface area contributed by atoms with Crippen molar-refractivity contribution in [3.8, 4) is 5.75 Å². The van der Waals surface area contributed by atoms with Gasteiger partial charge in [-0.1, -0.05) is 19.1 Å². The van der Waals surface area contributed by atoms with Crippen molar-refractivity contribution in [2.75, 3.05) is 33.7 Å². The molecule has 5 rings (SSSR count). The van der Waals surface area contributed by atoms with E-state index < -0.39 is 76.0 Å². The maximum absolute atomic E-state index is 14.2. The molecule has 1 aliphatic heterocycles. The monoisotopic (exact) mass is 569 g/mol. The van der Waals surface area contributed by atoms with Crippen LogP contribution in [0.2, 0.25) is 0 Å². The van der Waals surface area contributed by atoms with E-state index in [0.29, 0.717) is 12.1 Å². The number of ether oxygens (including phenoxy) is 1. The number of esters is 1. The Morgan fingerprint density at radius 2 is 1.80 bits per heavy atom. The second kappa shape index (κ2) is 10.3. The van der Waals surface area contributed by atoms with Crippen LogP contribution in [0.4, 0.5) is 0 Å². The molecule has 6 N–H and O–H groups in total. The molecule has 1 aromatic rings. The Hall–Kier alpha value is -3.74. The number of rotatable bonds is 6. The summed E-state index contributed by atoms with van der Waals surface area (Å²) in [6.45, 7) is 3.84. The molecule has 4 aliphatic rings. The first-order chi connectivity index (χ1) is 19.3. The number of likely N-dealkylation sites (tertiary alicyclic amines) is 1. The second-order valence-corrected chi connectivity index (χ2v) is 11.6. The van der Waals surface area contributed by atoms with E-state index in [4.69, 9.17) is 10.5 Å². The Bertz CT molecular complexity index is 1390. The Morgan fingerprint density at radius 1 is 1.15 bits per heavy atom. The molecule has 12 heteroatoms. The number of aliphatic hydroxyl groups is 3. The number of hydrogen-bond acceptors (Lipinski definition) is 11. The molecule has 2 fully saturated rings. The number of phenolic OH excluding ortho intramolecular Hbond substituents is 1. The minimum atomic E-state index is -2.95. The quantitative estimate of drug-likeness (QED) is 0.237. The van der Waals surface area contributed by atoms with Gasteiger partial charge in [0, 0.05) is 18.0 Å². The number of nitrogens with two attached hydrogens (primary N) is 1. The number of primary amides is 1. The fourth-order valence-corrected chi connectivity index (χ4v) is 7.15. The number of nitrogens with zero attached hydrogens (tertiary/aromatic N) is 2. The molecule has 41 heavy (non-hydrogen) atoms. The number of fused-ring (bicyclic) bond motifs is 3. The lowest BCUT2D eigenvalue weighted by Crippen LogP contribution is -2.71. The molecule has 0 spiro atoms. The first-order valence-corrected chi connectivity index (χ1v) is 13.7. The highest BCUT2D eigenvalue weighted by Crippen LogP contribution is 2.56. The van der Waals surface area contributed by atoms with Gasteiger partial charge in [0.25, 0.3) is 5.91 Å². The predicted octanol–water partition coefficient (Wildman–Crippen LogP) is 0.533. The van der Waals surface area contributed by atoms with Gasteiger partial charge in [-0.15, -0.1) is 0 Å². The highest BCUT2D eigenvalue weighted by molar-refractivity contribution is 6.24. The van der Waals surface area contributed by atoms with Gasteiger partial charge in [-0.3, -0.25) is 24.1 Å². The zero-order valence-electron chi connectivity index (χ0n) is 23.2. The van der Waals surface area contributed by atoms with E-state index in [-0.39, 0.29) is 23.3 Å². The fraction of sp³-hybridized carbons (Fsp3) is 0.517. The summed E-state index contributed by atoms with van der Waals surface area (Å²) in [5, 5.41) is 45.3. The normalized spacial score (nSPS) is 31.7. The van der Waals surface area contributed by atoms with Crippen LogP contribution in [-0.4, -0.2) is 105 Å². The average molecular weight is 570 g/mol. The lowest BCUT2D eigenvalue weighted by Gasteiger charge is -2.54. The molecule has 0 bridgehead atoms. The average Bonchev–Trinajstić information content (AvgIpc) is 3.42. The van der Waals surface area contributed by atoms with Crippen LogP contribution in [0.1, 0.15) is 43.2 Å². The molecule has 1 aromatic carbocycles. The van der Waals surface area contributed by atoms with Crippen molar-refractivity contribution in [2.24, 2.45) is 17.6 Å². The fourth-order valence-electron chi connectivity index (χ4n) is 7.15. The van der Waals surface area contributed by atoms with Gasteiger partial charge in [-0.25, -0.2) is 0 Å². The summed E-state index contributed by atoms with van der Waals surface area (Å²) in [5.41, 5.74) is 1.57. The third-order valence-electron chi connectivity index (χ3n) is 9.06. The van der Waals surface area contributed by atoms with Crippen LogP contribution in [0.25, 0.3) is 5.76 Å². The number of benzene rings is 1. The van der Waals surface area contributed by atoms with E-state index in [9.17, 15) is 39.6 Å². The molecule has 12 nitrogen and oxygen atoms in total. The standard InChI is InChI=1S/C29H35N3O9/c1-13-14-7-6-8-15(33)18(14)23(35)19-17(13)25(41-16(34)9-12-32-10-4-5-11-32)21-22(31(2)3)24(36)20(28(30)39)27(38)29(21,40)26(19)37/h6-8,13,17,21-22,25,33,35,38,40H,4-5,9-12H2,1-3H3,(H2,30,39)/t13-,17+,21+,22-,25-,29-/m1/s1. The molecule has 6 atom stereocenters. The van der Waals surface area contributed by atoms with Gasteiger partial charge in [-0.05, 0) is 57.6 Å². The minimum absolute atomic E-state index is 0.00592. The van der Waals surface area contributed by atoms with Gasteiger partial charge in [0.2, 0.25) is 5.78 Å². The molecular weight excluding hydrogens is 534 g/mol. The lowest BCUT2D eigenvalue weighted by atomic mass is 9.54. The van der Waals surface area contributed by atoms with E-state index in [1.807, 2.05) is 0 Å². The number of phenols is 1. The molecule has 1 heterocycles. The highest BCUT2D eigenvalue weighted by atomic mass is 16.5. The Balaban J connectivity index is 1.71. The van der Waals surface area contributed by atoms with Crippen molar-refractivity contribution in [3.05, 3.63) is 46.2 Å². The van der Waals surface area contributed by atoms with Crippen molar-refractivity contribution < 1.29 is 44.3 Å². The molecule has 1 amide bonds. The lowest BCUT2D eigenvalue weighted by molar-refractivity contribution is -0.185. The number of aliphatic hydroxyl groups excluding tert-OH is 2. The number of Topliss-reactive ketones (excluding diaryl/α,β-unsaturated/α-hetero) is 2. The number of ketones is 2. The van der Waals surface area contributed by atoms with Gasteiger partial charge in [0.1, 0.15) is 28.9 Å². The van der Waals surface area contributed by atoms with Crippen molar-refractivity contribution in [3.63, 3.8) is 0 Å². The third-order valence-corrected chi connectivity index (χ3v) is 9.06. The number of hydrogen-bond donors (Lipinski definition) is 5. The Kier molecular flexibility index (Phi) is 7.21. The largest absolute Gasteiger partial charge is 0.508 e. The zero-order valence-corrected chi connectivity index (χ0v) is 23.2. The number of amides is 1. The minimum Gasteiger partial charge on any atom is -0.508 e. The number of aromatic hydroxyl groups is 1. The van der Waals surface area contributed by atoms with E-state index in [0.717, 1.165) is 25.9 Å². The van der Waals surface area contributed by atoms with Crippen molar-refractivity contribution in [1.82, 2.24) is 9.80 Å². The smallest absolute Gasteiger partial charge is 0.307 e. The summed E-state index contributed by atoms with van der Waals surface area (Å²) >= 11 is 0. The van der Waals surface area contributed by atoms with E-state index in [2.05, 4.69) is 4.90 Å². The number of carbonyl (C=O) groups excluding carboxylic acids is 4. The van der Waals surface area contributed by atoms with Crippen molar-refractivity contribution >= 4 is 29.2 Å². The van der Waals surface area contributed by atoms with Gasteiger partial charge >= 0.3 is 5.97 Å². The maximum atomic E-state index is 14.2. The highest BCUT2D eigenvalue weighted by Gasteiger charge is 2.69. The maximum Gasteiger partial charge on any atom is 0.307 e. The van der Waals surface area contributed by atoms with Crippen LogP contribution in [0.15, 0.2) is 35.1 Å². The van der Waals surface area contributed by atoms with Crippen LogP contribution in [-0.2, 0) is 23.9 Å². The topological polar surface area (TPSA) is 191 Å². The van der Waals surface area contributed by atoms with Gasteiger partial charge < -0.3 is 35.8 Å². The summed E-state index contributed by atoms with van der Waals surface area (Å²) in [6, 6.07) is 3.15. The summed E-state index contributed by atoms with van der Waals surface area (Å²) in [6.07, 6.45) is 0.636. The van der Waals surface area contributed by atoms with Crippen LogP contribution in [0.3, 0.4) is 0 Å². The van der Waals surface area contributed by atoms with Gasteiger partial charge in [0.05, 0.1) is 23.9 Å². The molecule has 3 aliphatic carbocycles. The summed E-state index contributed by atoms with van der Waals surface area (Å²) < 4.78 is 6.03. The van der Waals surface area contributed by atoms with Gasteiger partial charge in [0.15, 0.2) is 11.4 Å². The van der Waals surface area contributed by atoms with Crippen LogP contribution < -0.4 is 5.73 Å². The molecule has 0 radical (unpaired) electrons. The second-order valence-electron chi connectivity index (χ2n) is 11.6.